The molecule has 388 valence electrons. The summed E-state index contributed by atoms with van der Waals surface area (Å²) < 4.78 is 8.77. The molecular weight excluding hydrogens is 875 g/mol. The van der Waals surface area contributed by atoms with E-state index in [0.717, 1.165) is 0 Å². The summed E-state index contributed by atoms with van der Waals surface area (Å²) in [6.07, 6.45) is 20.8. The highest BCUT2D eigenvalue weighted by Gasteiger charge is 2.06. The van der Waals surface area contributed by atoms with Crippen LogP contribution in [0.2, 0.25) is 0 Å². The third kappa shape index (κ3) is 17.2. The third-order valence-corrected chi connectivity index (χ3v) is 13.5. The number of H-pyrrole nitrogens is 1. The molecule has 0 spiro atoms. The highest BCUT2D eigenvalue weighted by molar-refractivity contribution is 5.87. The zero-order valence-corrected chi connectivity index (χ0v) is 48.4. The van der Waals surface area contributed by atoms with E-state index in [1.54, 1.807) is 0 Å². The largest absolute Gasteiger partial charge is 0.361 e. The van der Waals surface area contributed by atoms with Gasteiger partial charge in [0.2, 0.25) is 0 Å². The topological polar surface area (TPSA) is 35.5 Å². The highest BCUT2D eigenvalue weighted by Crippen LogP contribution is 2.25. The normalized spacial score (nSPS) is 10.3. The van der Waals surface area contributed by atoms with Crippen LogP contribution in [0.4, 0.5) is 0 Å². The molecule has 10 aromatic rings. The van der Waals surface area contributed by atoms with Crippen molar-refractivity contribution in [2.24, 2.45) is 28.2 Å². The summed E-state index contributed by atoms with van der Waals surface area (Å²) in [5.41, 5.74) is 17.3. The van der Waals surface area contributed by atoms with Gasteiger partial charge in [0.25, 0.3) is 0 Å². The van der Waals surface area contributed by atoms with Crippen molar-refractivity contribution in [3.8, 4) is 0 Å². The van der Waals surface area contributed by atoms with E-state index in [0.29, 0.717) is 0 Å². The number of para-hydroxylation sites is 4. The molecule has 0 atom stereocenters. The van der Waals surface area contributed by atoms with E-state index in [9.17, 15) is 0 Å². The lowest BCUT2D eigenvalue weighted by molar-refractivity contribution is 0.702. The fourth-order valence-electron chi connectivity index (χ4n) is 8.89. The standard InChI is InChI=1S/3C11H13N.C10H11N.C9H9N.C6H14.C5H12.C4H10/c1-8-4-5-10-9(2)7-12(3)11(10)6-8;1-8-5-4-6-10-9(2)7-12(3)11(8)10;1-8-9(2)12(3)11-7-5-4-6-10(8)11;1-8-7-11(2)10-6-4-3-5-9(8)10;1-7-6-10-9-5-3-2-4-8(7)9;1-3-5-6-4-2;1-3-5-4-2;1-3-4-2/h3*4-7H,1-3H3;3-7H,1-2H3;2-6,10H,1H3;3-6H2,1-2H3;3-5H2,1-2H3;3-4H2,1-2H3. The first kappa shape index (κ1) is 60.1. The lowest BCUT2D eigenvalue weighted by Gasteiger charge is -1.99. The Balaban J connectivity index is 0.000000223. The van der Waals surface area contributed by atoms with E-state index in [2.05, 4.69) is 270 Å². The Kier molecular flexibility index (Phi) is 26.1. The van der Waals surface area contributed by atoms with Gasteiger partial charge >= 0.3 is 0 Å². The molecule has 0 aliphatic rings. The van der Waals surface area contributed by atoms with Crippen molar-refractivity contribution < 1.29 is 0 Å². The van der Waals surface area contributed by atoms with Gasteiger partial charge in [0.15, 0.2) is 0 Å². The van der Waals surface area contributed by atoms with Crippen molar-refractivity contribution in [3.05, 3.63) is 179 Å². The molecule has 1 N–H and O–H groups in total. The second-order valence-electron chi connectivity index (χ2n) is 19.6. The molecule has 5 heterocycles. The van der Waals surface area contributed by atoms with Crippen LogP contribution in [0.15, 0.2) is 134 Å². The number of benzene rings is 5. The molecule has 0 unspecified atom stereocenters. The van der Waals surface area contributed by atoms with E-state index in [1.807, 2.05) is 12.3 Å². The van der Waals surface area contributed by atoms with Crippen molar-refractivity contribution >= 4 is 54.5 Å². The van der Waals surface area contributed by atoms with Crippen LogP contribution in [0.1, 0.15) is 144 Å². The molecule has 0 saturated heterocycles. The van der Waals surface area contributed by atoms with Crippen molar-refractivity contribution in [3.63, 3.8) is 0 Å². The van der Waals surface area contributed by atoms with Gasteiger partial charge in [-0.15, -0.1) is 0 Å². The van der Waals surface area contributed by atoms with Crippen LogP contribution in [0.5, 0.6) is 0 Å². The number of aromatic nitrogens is 5. The first-order valence-electron chi connectivity index (χ1n) is 27.1. The van der Waals surface area contributed by atoms with Gasteiger partial charge in [0.1, 0.15) is 0 Å². The molecule has 0 amide bonds. The van der Waals surface area contributed by atoms with Gasteiger partial charge in [0.05, 0.1) is 5.52 Å². The van der Waals surface area contributed by atoms with Crippen molar-refractivity contribution in [1.29, 1.82) is 0 Å². The van der Waals surface area contributed by atoms with E-state index in [1.165, 1.54) is 157 Å². The van der Waals surface area contributed by atoms with Gasteiger partial charge in [-0.05, 0) is 119 Å². The Bertz CT molecular complexity index is 3010. The Morgan fingerprint density at radius 2 is 0.847 bits per heavy atom. The Hall–Kier alpha value is -6.20. The summed E-state index contributed by atoms with van der Waals surface area (Å²) in [6, 6.07) is 38.3. The molecule has 0 saturated carbocycles. The lowest BCUT2D eigenvalue weighted by atomic mass is 10.1. The van der Waals surface area contributed by atoms with Gasteiger partial charge in [-0.3, -0.25) is 0 Å². The minimum atomic E-state index is 1.22. The van der Waals surface area contributed by atoms with Gasteiger partial charge in [-0.2, -0.15) is 0 Å². The summed E-state index contributed by atoms with van der Waals surface area (Å²) in [5.74, 6) is 0. The fraction of sp³-hybridized carbons (Fsp3) is 0.403. The van der Waals surface area contributed by atoms with Gasteiger partial charge in [-0.25, -0.2) is 0 Å². The van der Waals surface area contributed by atoms with Gasteiger partial charge in [0, 0.05) is 108 Å². The number of nitrogens with zero attached hydrogens (tertiary/aromatic N) is 4. The summed E-state index contributed by atoms with van der Waals surface area (Å²) in [7, 11) is 8.39. The van der Waals surface area contributed by atoms with Crippen LogP contribution in [0.3, 0.4) is 0 Å². The number of aromatic amines is 1. The van der Waals surface area contributed by atoms with Crippen LogP contribution < -0.4 is 0 Å². The monoisotopic (exact) mass is 970 g/mol. The number of nitrogens with one attached hydrogen (secondary N) is 1. The molecule has 0 fully saturated rings. The first-order chi connectivity index (χ1) is 34.5. The zero-order valence-electron chi connectivity index (χ0n) is 48.4. The SMILES string of the molecule is CCCC.CCCCC.CCCCCC.Cc1c(C)n(C)c2ccccc12.Cc1c[nH]c2ccccc12.Cc1ccc2c(C)cn(C)c2c1.Cc1cn(C)c2c(C)cccc12.Cc1cn(C)c2ccccc12. The fourth-order valence-corrected chi connectivity index (χ4v) is 8.89. The Labute approximate surface area is 437 Å². The summed E-state index contributed by atoms with van der Waals surface area (Å²) in [5, 5.41) is 6.79. The highest BCUT2D eigenvalue weighted by atomic mass is 14.9. The molecule has 72 heavy (non-hydrogen) atoms. The average molecular weight is 971 g/mol. The molecule has 10 rings (SSSR count). The number of hydrogen-bond donors (Lipinski definition) is 1. The second-order valence-corrected chi connectivity index (χ2v) is 19.6. The summed E-state index contributed by atoms with van der Waals surface area (Å²) in [6.45, 7) is 30.4. The van der Waals surface area contributed by atoms with E-state index in [4.69, 9.17) is 0 Å². The number of unbranched alkanes of at least 4 members (excludes halogenated alkanes) is 6. The third-order valence-electron chi connectivity index (χ3n) is 13.5. The molecule has 5 aromatic heterocycles. The molecule has 5 nitrogen and oxygen atoms in total. The maximum atomic E-state index is 3.19. The molecule has 5 aromatic carbocycles. The molecule has 0 aliphatic carbocycles. The zero-order chi connectivity index (χ0) is 53.3. The van der Waals surface area contributed by atoms with Crippen molar-refractivity contribution in [1.82, 2.24) is 23.3 Å². The predicted molar refractivity (Wildman–Crippen MR) is 323 cm³/mol. The van der Waals surface area contributed by atoms with Crippen LogP contribution in [0, 0.1) is 55.4 Å². The number of aryl methyl sites for hydroxylation is 11. The predicted octanol–water partition coefficient (Wildman–Crippen LogP) is 19.9. The number of fused-ring (bicyclic) bond motifs is 5. The molecule has 0 radical (unpaired) electrons. The molecule has 5 heteroatoms. The maximum Gasteiger partial charge on any atom is 0.0510 e. The Morgan fingerprint density at radius 1 is 0.375 bits per heavy atom. The van der Waals surface area contributed by atoms with Crippen LogP contribution in [-0.4, -0.2) is 23.3 Å². The van der Waals surface area contributed by atoms with E-state index >= 15 is 0 Å². The van der Waals surface area contributed by atoms with E-state index < -0.39 is 0 Å². The molecule has 0 bridgehead atoms. The van der Waals surface area contributed by atoms with Gasteiger partial charge < -0.3 is 23.3 Å². The maximum absolute atomic E-state index is 3.19. The smallest absolute Gasteiger partial charge is 0.0510 e. The molecular formula is C67H95N5. The minimum Gasteiger partial charge on any atom is -0.361 e. The summed E-state index contributed by atoms with van der Waals surface area (Å²) in [4.78, 5) is 3.19. The van der Waals surface area contributed by atoms with Crippen molar-refractivity contribution in [2.75, 3.05) is 0 Å². The lowest BCUT2D eigenvalue weighted by Crippen LogP contribution is -1.89. The minimum absolute atomic E-state index is 1.22. The summed E-state index contributed by atoms with van der Waals surface area (Å²) >= 11 is 0. The van der Waals surface area contributed by atoms with Gasteiger partial charge in [-0.1, -0.05) is 184 Å². The number of rotatable bonds is 6. The van der Waals surface area contributed by atoms with Crippen LogP contribution >= 0.6 is 0 Å². The number of hydrogen-bond acceptors (Lipinski definition) is 0. The average Bonchev–Trinajstić information content (AvgIpc) is 4.14. The quantitative estimate of drug-likeness (QED) is 0.161. The Morgan fingerprint density at radius 3 is 1.36 bits per heavy atom. The molecule has 0 aliphatic heterocycles. The second kappa shape index (κ2) is 31.3. The van der Waals surface area contributed by atoms with Crippen LogP contribution in [-0.2, 0) is 28.2 Å². The first-order valence-corrected chi connectivity index (χ1v) is 27.1. The van der Waals surface area contributed by atoms with E-state index in [-0.39, 0.29) is 0 Å². The van der Waals surface area contributed by atoms with Crippen LogP contribution in [0.25, 0.3) is 54.5 Å². The van der Waals surface area contributed by atoms with Crippen molar-refractivity contribution in [2.45, 2.75) is 155 Å².